The first-order valence-electron chi connectivity index (χ1n) is 5.22. The summed E-state index contributed by atoms with van der Waals surface area (Å²) in [5.74, 6) is 1.93. The van der Waals surface area contributed by atoms with Crippen LogP contribution in [0.2, 0.25) is 0 Å². The van der Waals surface area contributed by atoms with Gasteiger partial charge in [0.15, 0.2) is 0 Å². The van der Waals surface area contributed by atoms with Crippen molar-refractivity contribution in [2.75, 3.05) is 17.3 Å². The molecule has 86 valence electrons. The number of hydrogen-bond acceptors (Lipinski definition) is 4. The summed E-state index contributed by atoms with van der Waals surface area (Å²) in [4.78, 5) is 6.72. The van der Waals surface area contributed by atoms with Crippen molar-refractivity contribution in [3.05, 3.63) is 5.82 Å². The molecule has 0 fully saturated rings. The molecule has 0 saturated carbocycles. The number of nitrogens with zero attached hydrogens (tertiary/aromatic N) is 3. The molecule has 0 bridgehead atoms. The van der Waals surface area contributed by atoms with E-state index in [0.717, 1.165) is 17.5 Å². The SMILES string of the molecule is CC(C)c1nsc(N(CCCl)C(C)C)n1. The summed E-state index contributed by atoms with van der Waals surface area (Å²) >= 11 is 7.23. The average molecular weight is 248 g/mol. The van der Waals surface area contributed by atoms with Gasteiger partial charge < -0.3 is 4.90 Å². The average Bonchev–Trinajstić information content (AvgIpc) is 2.62. The zero-order valence-electron chi connectivity index (χ0n) is 9.70. The van der Waals surface area contributed by atoms with Gasteiger partial charge in [0, 0.05) is 35.9 Å². The van der Waals surface area contributed by atoms with Gasteiger partial charge in [-0.05, 0) is 13.8 Å². The highest BCUT2D eigenvalue weighted by atomic mass is 35.5. The van der Waals surface area contributed by atoms with E-state index < -0.39 is 0 Å². The monoisotopic (exact) mass is 247 g/mol. The maximum absolute atomic E-state index is 5.77. The smallest absolute Gasteiger partial charge is 0.205 e. The molecule has 15 heavy (non-hydrogen) atoms. The van der Waals surface area contributed by atoms with Gasteiger partial charge in [-0.1, -0.05) is 13.8 Å². The lowest BCUT2D eigenvalue weighted by atomic mass is 10.2. The van der Waals surface area contributed by atoms with Crippen molar-refractivity contribution in [1.29, 1.82) is 0 Å². The van der Waals surface area contributed by atoms with Crippen LogP contribution in [0, 0.1) is 0 Å². The van der Waals surface area contributed by atoms with E-state index in [4.69, 9.17) is 11.6 Å². The Hall–Kier alpha value is -0.350. The Morgan fingerprint density at radius 1 is 1.33 bits per heavy atom. The fraction of sp³-hybridized carbons (Fsp3) is 0.800. The number of halogens is 1. The maximum atomic E-state index is 5.77. The van der Waals surface area contributed by atoms with Gasteiger partial charge in [0.05, 0.1) is 0 Å². The molecule has 0 aliphatic heterocycles. The van der Waals surface area contributed by atoms with Gasteiger partial charge in [0.2, 0.25) is 5.13 Å². The molecule has 0 spiro atoms. The lowest BCUT2D eigenvalue weighted by Crippen LogP contribution is -2.32. The lowest BCUT2D eigenvalue weighted by Gasteiger charge is -2.24. The van der Waals surface area contributed by atoms with E-state index in [2.05, 4.69) is 42.0 Å². The van der Waals surface area contributed by atoms with Crippen molar-refractivity contribution in [3.63, 3.8) is 0 Å². The number of aromatic nitrogens is 2. The molecule has 5 heteroatoms. The Kier molecular flexibility index (Phi) is 4.80. The molecule has 0 aromatic carbocycles. The van der Waals surface area contributed by atoms with Crippen LogP contribution in [0.4, 0.5) is 5.13 Å². The molecule has 1 aromatic rings. The van der Waals surface area contributed by atoms with Crippen LogP contribution in [0.5, 0.6) is 0 Å². The summed E-state index contributed by atoms with van der Waals surface area (Å²) in [7, 11) is 0. The second-order valence-corrected chi connectivity index (χ2v) is 5.17. The summed E-state index contributed by atoms with van der Waals surface area (Å²) in [5, 5.41) is 0.981. The molecular weight excluding hydrogens is 230 g/mol. The highest BCUT2D eigenvalue weighted by molar-refractivity contribution is 7.09. The van der Waals surface area contributed by atoms with Crippen LogP contribution in [-0.2, 0) is 0 Å². The van der Waals surface area contributed by atoms with Crippen LogP contribution in [0.1, 0.15) is 39.4 Å². The molecule has 0 aliphatic carbocycles. The Labute approximate surface area is 101 Å². The van der Waals surface area contributed by atoms with Gasteiger partial charge >= 0.3 is 0 Å². The predicted octanol–water partition coefficient (Wildman–Crippen LogP) is 3.12. The summed E-state index contributed by atoms with van der Waals surface area (Å²) in [6.45, 7) is 9.32. The first kappa shape index (κ1) is 12.7. The molecule has 0 saturated heterocycles. The maximum Gasteiger partial charge on any atom is 0.205 e. The summed E-state index contributed by atoms with van der Waals surface area (Å²) < 4.78 is 4.35. The second-order valence-electron chi connectivity index (χ2n) is 4.07. The fourth-order valence-corrected chi connectivity index (χ4v) is 2.39. The van der Waals surface area contributed by atoms with Crippen LogP contribution >= 0.6 is 23.1 Å². The molecule has 0 N–H and O–H groups in total. The van der Waals surface area contributed by atoms with Crippen LogP contribution in [0.3, 0.4) is 0 Å². The van der Waals surface area contributed by atoms with Crippen LogP contribution < -0.4 is 4.90 Å². The molecule has 0 amide bonds. The number of alkyl halides is 1. The molecule has 3 nitrogen and oxygen atoms in total. The molecule has 1 rings (SSSR count). The van der Waals surface area contributed by atoms with Crippen molar-refractivity contribution >= 4 is 28.3 Å². The largest absolute Gasteiger partial charge is 0.343 e. The normalized spacial score (nSPS) is 11.4. The van der Waals surface area contributed by atoms with Crippen molar-refractivity contribution in [3.8, 4) is 0 Å². The molecule has 0 unspecified atom stereocenters. The van der Waals surface area contributed by atoms with Crippen LogP contribution in [0.15, 0.2) is 0 Å². The number of hydrogen-bond donors (Lipinski definition) is 0. The van der Waals surface area contributed by atoms with E-state index >= 15 is 0 Å². The Bertz CT molecular complexity index is 299. The zero-order valence-corrected chi connectivity index (χ0v) is 11.3. The third-order valence-corrected chi connectivity index (χ3v) is 3.08. The van der Waals surface area contributed by atoms with Gasteiger partial charge in [-0.3, -0.25) is 0 Å². The van der Waals surface area contributed by atoms with E-state index in [0.29, 0.717) is 17.8 Å². The molecule has 1 heterocycles. The quantitative estimate of drug-likeness (QED) is 0.749. The van der Waals surface area contributed by atoms with Gasteiger partial charge in [-0.2, -0.15) is 4.37 Å². The lowest BCUT2D eigenvalue weighted by molar-refractivity contribution is 0.697. The van der Waals surface area contributed by atoms with Gasteiger partial charge in [-0.25, -0.2) is 4.98 Å². The van der Waals surface area contributed by atoms with Crippen molar-refractivity contribution < 1.29 is 0 Å². The fourth-order valence-electron chi connectivity index (χ4n) is 1.24. The van der Waals surface area contributed by atoms with Gasteiger partial charge in [0.1, 0.15) is 5.82 Å². The van der Waals surface area contributed by atoms with Crippen LogP contribution in [0.25, 0.3) is 0 Å². The molecule has 0 radical (unpaired) electrons. The summed E-state index contributed by atoms with van der Waals surface area (Å²) in [6, 6.07) is 0.414. The van der Waals surface area contributed by atoms with Crippen molar-refractivity contribution in [1.82, 2.24) is 9.36 Å². The summed E-state index contributed by atoms with van der Waals surface area (Å²) in [5.41, 5.74) is 0. The first-order valence-corrected chi connectivity index (χ1v) is 6.53. The molecule has 0 atom stereocenters. The molecular formula is C10H18ClN3S. The Balaban J connectivity index is 2.81. The number of anilines is 1. The predicted molar refractivity (Wildman–Crippen MR) is 67.2 cm³/mol. The summed E-state index contributed by atoms with van der Waals surface area (Å²) in [6.07, 6.45) is 0. The van der Waals surface area contributed by atoms with E-state index in [9.17, 15) is 0 Å². The topological polar surface area (TPSA) is 29.0 Å². The van der Waals surface area contributed by atoms with Gasteiger partial charge in [0.25, 0.3) is 0 Å². The van der Waals surface area contributed by atoms with Gasteiger partial charge in [-0.15, -0.1) is 11.6 Å². The first-order chi connectivity index (χ1) is 7.06. The van der Waals surface area contributed by atoms with E-state index in [-0.39, 0.29) is 0 Å². The minimum absolute atomic E-state index is 0.389. The highest BCUT2D eigenvalue weighted by Gasteiger charge is 2.16. The van der Waals surface area contributed by atoms with E-state index in [1.165, 1.54) is 11.5 Å². The number of rotatable bonds is 5. The standard InChI is InChI=1S/C10H18ClN3S/c1-7(2)9-12-10(15-13-9)14(6-5-11)8(3)4/h7-8H,5-6H2,1-4H3. The molecule has 0 aliphatic rings. The third-order valence-electron chi connectivity index (χ3n) is 2.14. The Morgan fingerprint density at radius 2 is 2.00 bits per heavy atom. The van der Waals surface area contributed by atoms with Crippen LogP contribution in [-0.4, -0.2) is 27.8 Å². The van der Waals surface area contributed by atoms with Crippen molar-refractivity contribution in [2.45, 2.75) is 39.7 Å². The minimum atomic E-state index is 0.389. The zero-order chi connectivity index (χ0) is 11.4. The Morgan fingerprint density at radius 3 is 2.40 bits per heavy atom. The molecule has 1 aromatic heterocycles. The van der Waals surface area contributed by atoms with Crippen molar-refractivity contribution in [2.24, 2.45) is 0 Å². The minimum Gasteiger partial charge on any atom is -0.343 e. The highest BCUT2D eigenvalue weighted by Crippen LogP contribution is 2.22. The second kappa shape index (κ2) is 5.66. The third kappa shape index (κ3) is 3.31. The van der Waals surface area contributed by atoms with E-state index in [1.807, 2.05) is 0 Å². The van der Waals surface area contributed by atoms with E-state index in [1.54, 1.807) is 0 Å².